The summed E-state index contributed by atoms with van der Waals surface area (Å²) in [6.07, 6.45) is -4.79. The van der Waals surface area contributed by atoms with Gasteiger partial charge in [0.1, 0.15) is 5.75 Å². The van der Waals surface area contributed by atoms with Crippen LogP contribution in [0.4, 0.5) is 13.2 Å². The third-order valence-electron chi connectivity index (χ3n) is 3.59. The first-order valence-corrected chi connectivity index (χ1v) is 6.85. The van der Waals surface area contributed by atoms with Gasteiger partial charge in [-0.05, 0) is 31.2 Å². The number of pyridine rings is 1. The molecular weight excluding hydrogens is 327 g/mol. The van der Waals surface area contributed by atoms with E-state index in [1.165, 1.54) is 34.5 Å². The van der Waals surface area contributed by atoms with E-state index in [1.807, 2.05) is 0 Å². The van der Waals surface area contributed by atoms with Crippen molar-refractivity contribution in [2.75, 3.05) is 0 Å². The molecular formula is C15H12F3N3O3. The van der Waals surface area contributed by atoms with E-state index in [2.05, 4.69) is 9.84 Å². The van der Waals surface area contributed by atoms with Crippen molar-refractivity contribution >= 4 is 10.9 Å². The molecule has 2 aromatic heterocycles. The second kappa shape index (κ2) is 5.29. The van der Waals surface area contributed by atoms with Gasteiger partial charge in [0.15, 0.2) is 0 Å². The predicted molar refractivity (Wildman–Crippen MR) is 80.6 cm³/mol. The van der Waals surface area contributed by atoms with Crippen LogP contribution in [0.25, 0.3) is 16.6 Å². The molecule has 0 radical (unpaired) electrons. The highest BCUT2D eigenvalue weighted by molar-refractivity contribution is 5.80. The second-order valence-electron chi connectivity index (χ2n) is 5.21. The van der Waals surface area contributed by atoms with Crippen molar-refractivity contribution in [2.24, 2.45) is 7.05 Å². The van der Waals surface area contributed by atoms with E-state index >= 15 is 0 Å². The van der Waals surface area contributed by atoms with Crippen molar-refractivity contribution in [3.63, 3.8) is 0 Å². The Morgan fingerprint density at radius 3 is 2.33 bits per heavy atom. The lowest BCUT2D eigenvalue weighted by Gasteiger charge is -2.12. The van der Waals surface area contributed by atoms with Crippen LogP contribution in [0, 0.1) is 6.92 Å². The summed E-state index contributed by atoms with van der Waals surface area (Å²) < 4.78 is 42.9. The van der Waals surface area contributed by atoms with Crippen molar-refractivity contribution in [3.8, 4) is 11.4 Å². The molecule has 0 aliphatic heterocycles. The highest BCUT2D eigenvalue weighted by atomic mass is 19.4. The average Bonchev–Trinajstić information content (AvgIpc) is 2.74. The van der Waals surface area contributed by atoms with Gasteiger partial charge in [-0.2, -0.15) is 0 Å². The minimum Gasteiger partial charge on any atom is -0.406 e. The van der Waals surface area contributed by atoms with Crippen molar-refractivity contribution in [1.29, 1.82) is 0 Å². The van der Waals surface area contributed by atoms with Gasteiger partial charge in [-0.25, -0.2) is 0 Å². The van der Waals surface area contributed by atoms with E-state index in [0.29, 0.717) is 22.3 Å². The first-order chi connectivity index (χ1) is 11.2. The maximum atomic E-state index is 12.3. The minimum absolute atomic E-state index is 0.298. The van der Waals surface area contributed by atoms with E-state index in [0.717, 1.165) is 12.1 Å². The number of hydrogen-bond donors (Lipinski definition) is 1. The Morgan fingerprint density at radius 2 is 1.75 bits per heavy atom. The Balaban J connectivity index is 2.14. The fourth-order valence-electron chi connectivity index (χ4n) is 2.61. The van der Waals surface area contributed by atoms with E-state index in [4.69, 9.17) is 0 Å². The molecule has 24 heavy (non-hydrogen) atoms. The number of H-pyrrole nitrogens is 1. The summed E-state index contributed by atoms with van der Waals surface area (Å²) in [7, 11) is 1.53. The lowest BCUT2D eigenvalue weighted by Crippen LogP contribution is -2.21. The largest absolute Gasteiger partial charge is 0.573 e. The minimum atomic E-state index is -4.79. The molecule has 0 saturated heterocycles. The van der Waals surface area contributed by atoms with Gasteiger partial charge in [0, 0.05) is 24.5 Å². The van der Waals surface area contributed by atoms with Gasteiger partial charge >= 0.3 is 6.36 Å². The van der Waals surface area contributed by atoms with Crippen molar-refractivity contribution in [3.05, 3.63) is 56.7 Å². The van der Waals surface area contributed by atoms with Crippen LogP contribution in [0.15, 0.2) is 39.9 Å². The lowest BCUT2D eigenvalue weighted by atomic mass is 10.2. The maximum Gasteiger partial charge on any atom is 0.573 e. The van der Waals surface area contributed by atoms with E-state index in [1.54, 1.807) is 6.92 Å². The SMILES string of the molecule is Cc1c2c(=O)n(C)[nH]c2cc(=O)n1-c1ccc(OC(F)(F)F)cc1. The van der Waals surface area contributed by atoms with Crippen LogP contribution >= 0.6 is 0 Å². The summed E-state index contributed by atoms with van der Waals surface area (Å²) in [5.74, 6) is -0.393. The topological polar surface area (TPSA) is 69.0 Å². The maximum absolute atomic E-state index is 12.3. The number of nitrogens with zero attached hydrogens (tertiary/aromatic N) is 2. The number of aromatic nitrogens is 3. The summed E-state index contributed by atoms with van der Waals surface area (Å²) in [6, 6.07) is 6.11. The third kappa shape index (κ3) is 2.68. The Hall–Kier alpha value is -2.97. The molecule has 2 heterocycles. The zero-order chi connectivity index (χ0) is 17.6. The molecule has 1 N–H and O–H groups in total. The fourth-order valence-corrected chi connectivity index (χ4v) is 2.61. The van der Waals surface area contributed by atoms with E-state index < -0.39 is 17.7 Å². The van der Waals surface area contributed by atoms with Crippen LogP contribution in [0.5, 0.6) is 5.75 Å². The molecule has 0 atom stereocenters. The van der Waals surface area contributed by atoms with Crippen LogP contribution in [0.3, 0.4) is 0 Å². The summed E-state index contributed by atoms with van der Waals surface area (Å²) in [5, 5.41) is 3.11. The highest BCUT2D eigenvalue weighted by Crippen LogP contribution is 2.24. The van der Waals surface area contributed by atoms with Gasteiger partial charge in [-0.1, -0.05) is 0 Å². The van der Waals surface area contributed by atoms with Crippen molar-refractivity contribution in [2.45, 2.75) is 13.3 Å². The first kappa shape index (κ1) is 15.9. The predicted octanol–water partition coefficient (Wildman–Crippen LogP) is 2.22. The molecule has 9 heteroatoms. The van der Waals surface area contributed by atoms with Gasteiger partial charge in [0.05, 0.1) is 10.9 Å². The van der Waals surface area contributed by atoms with Crippen LogP contribution in [0.2, 0.25) is 0 Å². The monoisotopic (exact) mass is 339 g/mol. The molecule has 3 rings (SSSR count). The van der Waals surface area contributed by atoms with E-state index in [9.17, 15) is 22.8 Å². The number of halogens is 3. The quantitative estimate of drug-likeness (QED) is 0.778. The molecule has 0 bridgehead atoms. The molecule has 0 aliphatic carbocycles. The Labute approximate surface area is 132 Å². The van der Waals surface area contributed by atoms with Crippen molar-refractivity contribution < 1.29 is 17.9 Å². The van der Waals surface area contributed by atoms with Crippen LogP contribution in [-0.2, 0) is 7.05 Å². The fraction of sp³-hybridized carbons (Fsp3) is 0.200. The zero-order valence-corrected chi connectivity index (χ0v) is 12.6. The molecule has 126 valence electrons. The first-order valence-electron chi connectivity index (χ1n) is 6.85. The summed E-state index contributed by atoms with van der Waals surface area (Å²) >= 11 is 0. The lowest BCUT2D eigenvalue weighted by molar-refractivity contribution is -0.274. The van der Waals surface area contributed by atoms with Gasteiger partial charge in [0.2, 0.25) is 0 Å². The molecule has 6 nitrogen and oxygen atoms in total. The average molecular weight is 339 g/mol. The highest BCUT2D eigenvalue weighted by Gasteiger charge is 2.31. The Morgan fingerprint density at radius 1 is 1.12 bits per heavy atom. The summed E-state index contributed by atoms with van der Waals surface area (Å²) in [4.78, 5) is 24.4. The number of ether oxygens (including phenoxy) is 1. The number of aryl methyl sites for hydroxylation is 2. The molecule has 0 saturated carbocycles. The number of aromatic amines is 1. The molecule has 0 aliphatic rings. The number of benzene rings is 1. The van der Waals surface area contributed by atoms with Crippen LogP contribution < -0.4 is 15.9 Å². The molecule has 0 unspecified atom stereocenters. The van der Waals surface area contributed by atoms with Crippen LogP contribution in [-0.4, -0.2) is 20.7 Å². The number of rotatable bonds is 2. The zero-order valence-electron chi connectivity index (χ0n) is 12.6. The van der Waals surface area contributed by atoms with Gasteiger partial charge < -0.3 is 4.74 Å². The molecule has 1 aromatic carbocycles. The van der Waals surface area contributed by atoms with Crippen molar-refractivity contribution in [1.82, 2.24) is 14.3 Å². The number of fused-ring (bicyclic) bond motifs is 1. The Kier molecular flexibility index (Phi) is 3.51. The molecule has 0 spiro atoms. The molecule has 0 fully saturated rings. The van der Waals surface area contributed by atoms with Crippen LogP contribution in [0.1, 0.15) is 5.69 Å². The number of nitrogens with one attached hydrogen (secondary N) is 1. The van der Waals surface area contributed by atoms with Gasteiger partial charge in [0.25, 0.3) is 11.1 Å². The molecule has 3 aromatic rings. The Bertz CT molecular complexity index is 1030. The summed E-state index contributed by atoms with van der Waals surface area (Å²) in [5.41, 5.74) is 0.416. The standard InChI is InChI=1S/C15H12F3N3O3/c1-8-13-11(19-20(2)14(13)23)7-12(22)21(8)9-3-5-10(6-4-9)24-15(16,17)18/h3-7,19H,1-2H3. The van der Waals surface area contributed by atoms with Gasteiger partial charge in [-0.15, -0.1) is 13.2 Å². The second-order valence-corrected chi connectivity index (χ2v) is 5.21. The summed E-state index contributed by atoms with van der Waals surface area (Å²) in [6.45, 7) is 1.60. The smallest absolute Gasteiger partial charge is 0.406 e. The number of hydrogen-bond acceptors (Lipinski definition) is 3. The normalized spacial score (nSPS) is 11.9. The molecule has 0 amide bonds. The van der Waals surface area contributed by atoms with Gasteiger partial charge in [-0.3, -0.25) is 23.9 Å². The van der Waals surface area contributed by atoms with E-state index in [-0.39, 0.29) is 5.56 Å². The third-order valence-corrected chi connectivity index (χ3v) is 3.59. The number of alkyl halides is 3.